The predicted molar refractivity (Wildman–Crippen MR) is 293 cm³/mol. The number of hydrogen-bond donors (Lipinski definition) is 4. The number of carbonyl (C=O) groups is 3. The predicted octanol–water partition coefficient (Wildman–Crippen LogP) is 9.26. The van der Waals surface area contributed by atoms with E-state index < -0.39 is 12.1 Å². The van der Waals surface area contributed by atoms with E-state index in [1.807, 2.05) is 21.9 Å². The highest BCUT2D eigenvalue weighted by atomic mass is 19.4. The molecule has 0 unspecified atom stereocenters. The van der Waals surface area contributed by atoms with Crippen molar-refractivity contribution < 1.29 is 42.1 Å². The topological polar surface area (TPSA) is 168 Å². The van der Waals surface area contributed by atoms with E-state index in [0.717, 1.165) is 187 Å². The quantitative estimate of drug-likeness (QED) is 0.119. The third-order valence-corrected chi connectivity index (χ3v) is 15.0. The number of nitrogens with one attached hydrogen (secondary N) is 3. The number of aryl methyl sites for hydroxylation is 2. The number of hydrogen-bond acceptors (Lipinski definition) is 11. The van der Waals surface area contributed by atoms with Crippen molar-refractivity contribution in [1.29, 1.82) is 0 Å². The van der Waals surface area contributed by atoms with Crippen LogP contribution in [0.2, 0.25) is 0 Å². The molecule has 4 amide bonds. The van der Waals surface area contributed by atoms with E-state index in [-0.39, 0.29) is 12.1 Å². The van der Waals surface area contributed by atoms with Crippen LogP contribution in [0.1, 0.15) is 62.0 Å². The summed E-state index contributed by atoms with van der Waals surface area (Å²) in [6.45, 7) is 21.9. The molecular formula is C57H73F3N10O6. The number of halogens is 3. The van der Waals surface area contributed by atoms with Gasteiger partial charge >= 0.3 is 24.2 Å². The van der Waals surface area contributed by atoms with Crippen LogP contribution < -0.4 is 25.8 Å². The summed E-state index contributed by atoms with van der Waals surface area (Å²) in [6.07, 6.45) is 3.85. The number of alkyl halides is 3. The lowest BCUT2D eigenvalue weighted by Crippen LogP contribution is -2.36. The molecule has 4 N–H and O–H groups in total. The number of likely N-dealkylation sites (N-methyl/N-ethyl adjacent to an activating group) is 1. The zero-order chi connectivity index (χ0) is 53.9. The van der Waals surface area contributed by atoms with Crippen LogP contribution in [0.4, 0.5) is 45.8 Å². The highest BCUT2D eigenvalue weighted by Crippen LogP contribution is 2.35. The SMILES string of the molecule is CC[C@@H]1CCN(C(=O)Nc2ccc(C)c(-c3cc(C4=CCN(C)C4)nc(N4CCOCC4)c3)c2)C1.CC[C@@H]1CCN(C(=O)Nc2ccc(C)c(-c3cc(C4=CCNC4)nc(N4CCOCC4)c3)c2)C1.O=C(O)C(F)(F)F. The average molecular weight is 1050 g/mol. The lowest BCUT2D eigenvalue weighted by atomic mass is 9.98. The highest BCUT2D eigenvalue weighted by Gasteiger charge is 2.38. The Morgan fingerprint density at radius 1 is 0.684 bits per heavy atom. The zero-order valence-corrected chi connectivity index (χ0v) is 44.5. The number of rotatable bonds is 10. The highest BCUT2D eigenvalue weighted by molar-refractivity contribution is 5.92. The molecule has 0 aliphatic carbocycles. The van der Waals surface area contributed by atoms with Crippen molar-refractivity contribution in [2.75, 3.05) is 132 Å². The second-order valence-electron chi connectivity index (χ2n) is 20.4. The number of morpholine rings is 2. The van der Waals surface area contributed by atoms with Gasteiger partial charge in [-0.25, -0.2) is 24.4 Å². The Morgan fingerprint density at radius 3 is 1.53 bits per heavy atom. The van der Waals surface area contributed by atoms with Crippen LogP contribution in [0.5, 0.6) is 0 Å². The normalized spacial score (nSPS) is 19.8. The molecule has 4 aromatic rings. The van der Waals surface area contributed by atoms with Crippen molar-refractivity contribution >= 4 is 52.2 Å². The first-order valence-electron chi connectivity index (χ1n) is 26.7. The molecule has 10 rings (SSSR count). The minimum Gasteiger partial charge on any atom is -0.475 e. The fourth-order valence-corrected chi connectivity index (χ4v) is 10.2. The van der Waals surface area contributed by atoms with Gasteiger partial charge in [0.1, 0.15) is 11.6 Å². The van der Waals surface area contributed by atoms with E-state index in [0.29, 0.717) is 11.8 Å². The first-order valence-corrected chi connectivity index (χ1v) is 26.7. The first-order chi connectivity index (χ1) is 36.5. The summed E-state index contributed by atoms with van der Waals surface area (Å²) >= 11 is 0. The zero-order valence-electron chi connectivity index (χ0n) is 44.5. The van der Waals surface area contributed by atoms with Crippen LogP contribution in [0.25, 0.3) is 33.4 Å². The molecule has 76 heavy (non-hydrogen) atoms. The molecule has 16 nitrogen and oxygen atoms in total. The number of carbonyl (C=O) groups excluding carboxylic acids is 2. The number of ether oxygens (including phenoxy) is 2. The third kappa shape index (κ3) is 14.5. The number of amides is 4. The van der Waals surface area contributed by atoms with Gasteiger partial charge in [0.25, 0.3) is 0 Å². The molecule has 4 saturated heterocycles. The molecule has 4 fully saturated rings. The van der Waals surface area contributed by atoms with Crippen LogP contribution in [-0.2, 0) is 14.3 Å². The van der Waals surface area contributed by atoms with Gasteiger partial charge in [-0.1, -0.05) is 51.0 Å². The Hall–Kier alpha value is -6.54. The maximum Gasteiger partial charge on any atom is 0.490 e. The second kappa shape index (κ2) is 25.5. The number of nitrogens with zero attached hydrogens (tertiary/aromatic N) is 7. The van der Waals surface area contributed by atoms with E-state index in [1.54, 1.807) is 0 Å². The maximum absolute atomic E-state index is 12.9. The monoisotopic (exact) mass is 1050 g/mol. The van der Waals surface area contributed by atoms with Gasteiger partial charge in [0.15, 0.2) is 0 Å². The van der Waals surface area contributed by atoms with Crippen molar-refractivity contribution in [3.8, 4) is 22.3 Å². The molecule has 0 radical (unpaired) electrons. The second-order valence-corrected chi connectivity index (χ2v) is 20.4. The summed E-state index contributed by atoms with van der Waals surface area (Å²) in [6, 6.07) is 21.2. The number of anilines is 4. The Kier molecular flexibility index (Phi) is 18.7. The first kappa shape index (κ1) is 55.7. The summed E-state index contributed by atoms with van der Waals surface area (Å²) in [4.78, 5) is 55.5. The van der Waals surface area contributed by atoms with Crippen molar-refractivity contribution in [3.63, 3.8) is 0 Å². The van der Waals surface area contributed by atoms with Crippen LogP contribution >= 0.6 is 0 Å². The number of urea groups is 2. The Balaban J connectivity index is 0.000000179. The number of benzene rings is 2. The number of pyridine rings is 2. The van der Waals surface area contributed by atoms with Gasteiger partial charge in [-0.05, 0) is 139 Å². The lowest BCUT2D eigenvalue weighted by Gasteiger charge is -2.29. The summed E-state index contributed by atoms with van der Waals surface area (Å²) in [5.41, 5.74) is 13.1. The maximum atomic E-state index is 12.9. The molecule has 19 heteroatoms. The molecule has 0 saturated carbocycles. The summed E-state index contributed by atoms with van der Waals surface area (Å²) in [7, 11) is 2.13. The number of likely N-dealkylation sites (tertiary alicyclic amines) is 2. The van der Waals surface area contributed by atoms with Crippen molar-refractivity contribution in [3.05, 3.63) is 95.3 Å². The number of carboxylic acids is 1. The minimum atomic E-state index is -5.08. The van der Waals surface area contributed by atoms with Gasteiger partial charge in [-0.2, -0.15) is 13.2 Å². The molecule has 0 bridgehead atoms. The average Bonchev–Trinajstić information content (AvgIpc) is 4.32. The fourth-order valence-electron chi connectivity index (χ4n) is 10.2. The Labute approximate surface area is 444 Å². The number of aliphatic carboxylic acids is 1. The molecule has 8 heterocycles. The van der Waals surface area contributed by atoms with Crippen molar-refractivity contribution in [2.24, 2.45) is 11.8 Å². The van der Waals surface area contributed by atoms with Gasteiger partial charge in [-0.3, -0.25) is 4.90 Å². The molecule has 6 aliphatic rings. The largest absolute Gasteiger partial charge is 0.490 e. The molecule has 0 spiro atoms. The van der Waals surface area contributed by atoms with Gasteiger partial charge in [-0.15, -0.1) is 0 Å². The third-order valence-electron chi connectivity index (χ3n) is 15.0. The Bertz CT molecular complexity index is 2760. The molecule has 408 valence electrons. The van der Waals surface area contributed by atoms with Gasteiger partial charge < -0.3 is 50.1 Å². The van der Waals surface area contributed by atoms with Crippen molar-refractivity contribution in [1.82, 2.24) is 30.0 Å². The molecule has 2 aromatic carbocycles. The number of aromatic nitrogens is 2. The molecule has 2 atom stereocenters. The summed E-state index contributed by atoms with van der Waals surface area (Å²) in [5.74, 6) is 0.458. The van der Waals surface area contributed by atoms with Crippen LogP contribution in [0.3, 0.4) is 0 Å². The molecular weight excluding hydrogens is 978 g/mol. The van der Waals surface area contributed by atoms with Crippen LogP contribution in [0, 0.1) is 25.7 Å². The van der Waals surface area contributed by atoms with Gasteiger partial charge in [0, 0.05) is 89.9 Å². The van der Waals surface area contributed by atoms with Crippen LogP contribution in [0.15, 0.2) is 72.8 Å². The van der Waals surface area contributed by atoms with E-state index in [2.05, 4.69) is 126 Å². The Morgan fingerprint density at radius 2 is 1.14 bits per heavy atom. The molecule has 6 aliphatic heterocycles. The summed E-state index contributed by atoms with van der Waals surface area (Å²) in [5, 5.41) is 16.8. The van der Waals surface area contributed by atoms with Gasteiger partial charge in [0.05, 0.1) is 37.8 Å². The van der Waals surface area contributed by atoms with Crippen molar-refractivity contribution in [2.45, 2.75) is 59.6 Å². The van der Waals surface area contributed by atoms with E-state index >= 15 is 0 Å². The lowest BCUT2D eigenvalue weighted by molar-refractivity contribution is -0.192. The van der Waals surface area contributed by atoms with Crippen LogP contribution in [-0.4, -0.2) is 166 Å². The fraction of sp³-hybridized carbons (Fsp3) is 0.491. The van der Waals surface area contributed by atoms with Gasteiger partial charge in [0.2, 0.25) is 0 Å². The number of carboxylic acid groups (broad SMARTS) is 1. The minimum absolute atomic E-state index is 0.000625. The summed E-state index contributed by atoms with van der Waals surface area (Å²) < 4.78 is 42.9. The van der Waals surface area contributed by atoms with E-state index in [4.69, 9.17) is 29.3 Å². The smallest absolute Gasteiger partial charge is 0.475 e. The van der Waals surface area contributed by atoms with E-state index in [1.165, 1.54) is 22.3 Å². The standard InChI is InChI=1S/C28H37N5O2.C27H35N5O2.C2HF3O2/c1-4-21-7-10-33(18-21)28(34)29-24-6-5-20(2)25(17-24)23-15-26(22-8-9-31(3)19-22)30-27(16-23)32-11-13-35-14-12-32;1-3-20-7-9-32(18-20)27(33)29-23-5-4-19(2)24(16-23)22-14-25(21-6-8-28-17-21)30-26(15-22)31-10-12-34-13-11-31;3-2(4,5)1(6)7/h5-6,8,15-17,21H,4,7,9-14,18-19H2,1-3H3,(H,29,34);4-6,14-16,20,28H,3,7-13,17-18H2,1-2H3,(H,29,33);(H,6,7)/t21-;20-;/m11./s1. The van der Waals surface area contributed by atoms with E-state index in [9.17, 15) is 22.8 Å². The molecule has 2 aromatic heterocycles.